The summed E-state index contributed by atoms with van der Waals surface area (Å²) in [5.74, 6) is -0.311. The molecule has 0 saturated carbocycles. The van der Waals surface area contributed by atoms with Crippen molar-refractivity contribution in [1.29, 1.82) is 0 Å². The van der Waals surface area contributed by atoms with E-state index in [0.29, 0.717) is 31.3 Å². The first-order valence-corrected chi connectivity index (χ1v) is 11.6. The average Bonchev–Trinajstić information content (AvgIpc) is 3.06. The Hall–Kier alpha value is -4.18. The number of carbonyl (C=O) groups excluding carboxylic acids is 1. The Kier molecular flexibility index (Phi) is 6.21. The highest BCUT2D eigenvalue weighted by atomic mass is 16.5. The summed E-state index contributed by atoms with van der Waals surface area (Å²) < 4.78 is 5.91. The van der Waals surface area contributed by atoms with Gasteiger partial charge >= 0.3 is 0 Å². The maximum absolute atomic E-state index is 13.1. The summed E-state index contributed by atoms with van der Waals surface area (Å²) in [4.78, 5) is 19.6. The van der Waals surface area contributed by atoms with Crippen LogP contribution in [0.15, 0.2) is 108 Å². The summed E-state index contributed by atoms with van der Waals surface area (Å²) in [6.07, 6.45) is 0. The summed E-state index contributed by atoms with van der Waals surface area (Å²) >= 11 is 0. The van der Waals surface area contributed by atoms with Gasteiger partial charge in [0.15, 0.2) is 0 Å². The van der Waals surface area contributed by atoms with E-state index in [1.165, 1.54) is 22.3 Å². The second kappa shape index (κ2) is 9.75. The lowest BCUT2D eigenvalue weighted by molar-refractivity contribution is 0.0993. The first-order valence-electron chi connectivity index (χ1n) is 11.6. The minimum Gasteiger partial charge on any atom is -0.465 e. The van der Waals surface area contributed by atoms with E-state index in [1.807, 2.05) is 66.4 Å². The van der Waals surface area contributed by atoms with E-state index >= 15 is 0 Å². The van der Waals surface area contributed by atoms with E-state index in [0.717, 1.165) is 11.1 Å². The molecule has 5 rings (SSSR count). The molecule has 0 aliphatic carbocycles. The lowest BCUT2D eigenvalue weighted by atomic mass is 9.97. The van der Waals surface area contributed by atoms with Crippen LogP contribution in [0, 0.1) is 0 Å². The van der Waals surface area contributed by atoms with E-state index in [9.17, 15) is 4.79 Å². The fourth-order valence-corrected chi connectivity index (χ4v) is 4.35. The van der Waals surface area contributed by atoms with Gasteiger partial charge in [-0.15, -0.1) is 0 Å². The van der Waals surface area contributed by atoms with Crippen LogP contribution in [-0.4, -0.2) is 23.4 Å². The van der Waals surface area contributed by atoms with Crippen molar-refractivity contribution in [2.24, 2.45) is 4.99 Å². The van der Waals surface area contributed by atoms with Gasteiger partial charge in [0.2, 0.25) is 0 Å². The molecule has 1 amide bonds. The number of hydrogen-bond donors (Lipinski definition) is 0. The number of ether oxygens (including phenoxy) is 1. The summed E-state index contributed by atoms with van der Waals surface area (Å²) in [7, 11) is 0. The van der Waals surface area contributed by atoms with Crippen LogP contribution in [0.3, 0.4) is 0 Å². The number of hydrogen-bond acceptors (Lipinski definition) is 2. The highest BCUT2D eigenvalue weighted by Crippen LogP contribution is 2.32. The number of nitrogens with zero attached hydrogens (tertiary/aromatic N) is 2. The first-order chi connectivity index (χ1) is 16.7. The molecule has 1 aliphatic rings. The van der Waals surface area contributed by atoms with E-state index in [1.54, 1.807) is 0 Å². The molecule has 0 radical (unpaired) electrons. The predicted octanol–water partition coefficient (Wildman–Crippen LogP) is 6.57. The largest absolute Gasteiger partial charge is 0.465 e. The Morgan fingerprint density at radius 3 is 1.85 bits per heavy atom. The van der Waals surface area contributed by atoms with Gasteiger partial charge < -0.3 is 9.64 Å². The molecule has 0 N–H and O–H groups in total. The lowest BCUT2D eigenvalue weighted by Crippen LogP contribution is -2.32. The van der Waals surface area contributed by atoms with Gasteiger partial charge in [-0.2, -0.15) is 4.99 Å². The summed E-state index contributed by atoms with van der Waals surface area (Å²) in [5, 5.41) is 0. The van der Waals surface area contributed by atoms with E-state index in [-0.39, 0.29) is 5.91 Å². The Bertz CT molecular complexity index is 1280. The number of rotatable bonds is 3. The van der Waals surface area contributed by atoms with Crippen molar-refractivity contribution in [2.45, 2.75) is 20.0 Å². The van der Waals surface area contributed by atoms with Crippen LogP contribution in [0.2, 0.25) is 0 Å². The minimum atomic E-state index is -0.311. The van der Waals surface area contributed by atoms with Crippen LogP contribution in [0.25, 0.3) is 22.3 Å². The Balaban J connectivity index is 1.45. The van der Waals surface area contributed by atoms with Gasteiger partial charge in [-0.05, 0) is 52.4 Å². The lowest BCUT2D eigenvalue weighted by Gasteiger charge is -2.24. The summed E-state index contributed by atoms with van der Waals surface area (Å²) in [6.45, 7) is 3.57. The fourth-order valence-electron chi connectivity index (χ4n) is 4.35. The second-order valence-corrected chi connectivity index (χ2v) is 8.25. The number of fused-ring (bicyclic) bond motifs is 3. The van der Waals surface area contributed by atoms with Crippen molar-refractivity contribution in [3.05, 3.63) is 120 Å². The van der Waals surface area contributed by atoms with Crippen LogP contribution in [0.5, 0.6) is 0 Å². The van der Waals surface area contributed by atoms with Crippen molar-refractivity contribution in [2.75, 3.05) is 6.61 Å². The number of aliphatic imine (C=N–C) groups is 1. The van der Waals surface area contributed by atoms with Crippen molar-refractivity contribution in [3.8, 4) is 22.3 Å². The van der Waals surface area contributed by atoms with Crippen molar-refractivity contribution in [3.63, 3.8) is 0 Å². The smallest absolute Gasteiger partial charge is 0.296 e. The second-order valence-electron chi connectivity index (χ2n) is 8.25. The molecule has 0 saturated heterocycles. The van der Waals surface area contributed by atoms with Crippen LogP contribution >= 0.6 is 0 Å². The Morgan fingerprint density at radius 1 is 0.735 bits per heavy atom. The van der Waals surface area contributed by atoms with Gasteiger partial charge in [0.05, 0.1) is 6.61 Å². The van der Waals surface area contributed by atoms with Gasteiger partial charge in [0.25, 0.3) is 11.9 Å². The SMILES string of the molecule is CCOC(=NC(=O)c1ccc(-c2ccccc2)cc1)N1Cc2ccccc2-c2ccccc2C1. The fraction of sp³-hybridized carbons (Fsp3) is 0.133. The topological polar surface area (TPSA) is 41.9 Å². The number of benzene rings is 4. The zero-order chi connectivity index (χ0) is 23.3. The molecule has 0 atom stereocenters. The van der Waals surface area contributed by atoms with Crippen LogP contribution in [0.4, 0.5) is 0 Å². The Morgan fingerprint density at radius 2 is 1.26 bits per heavy atom. The molecular weight excluding hydrogens is 420 g/mol. The Labute approximate surface area is 200 Å². The monoisotopic (exact) mass is 446 g/mol. The van der Waals surface area contributed by atoms with Crippen molar-refractivity contribution < 1.29 is 9.53 Å². The van der Waals surface area contributed by atoms with Gasteiger partial charge in [-0.3, -0.25) is 4.79 Å². The van der Waals surface area contributed by atoms with Crippen LogP contribution in [-0.2, 0) is 17.8 Å². The highest BCUT2D eigenvalue weighted by Gasteiger charge is 2.23. The molecule has 4 heteroatoms. The maximum Gasteiger partial charge on any atom is 0.296 e. The minimum absolute atomic E-state index is 0.311. The highest BCUT2D eigenvalue weighted by molar-refractivity contribution is 6.01. The third-order valence-electron chi connectivity index (χ3n) is 6.03. The molecule has 168 valence electrons. The molecule has 0 spiro atoms. The quantitative estimate of drug-likeness (QED) is 0.264. The molecule has 1 aliphatic heterocycles. The molecule has 4 aromatic rings. The van der Waals surface area contributed by atoms with Crippen LogP contribution < -0.4 is 0 Å². The first kappa shape index (κ1) is 21.7. The molecule has 4 nitrogen and oxygen atoms in total. The number of carbonyl (C=O) groups is 1. The summed E-state index contributed by atoms with van der Waals surface area (Å²) in [6, 6.07) is 34.8. The number of amides is 1. The summed E-state index contributed by atoms with van der Waals surface area (Å²) in [5.41, 5.74) is 7.49. The molecule has 4 aromatic carbocycles. The normalized spacial score (nSPS) is 13.0. The zero-order valence-corrected chi connectivity index (χ0v) is 19.1. The van der Waals surface area contributed by atoms with E-state index < -0.39 is 0 Å². The molecule has 0 bridgehead atoms. The van der Waals surface area contributed by atoms with Crippen molar-refractivity contribution >= 4 is 11.9 Å². The van der Waals surface area contributed by atoms with Crippen molar-refractivity contribution in [1.82, 2.24) is 4.90 Å². The molecule has 34 heavy (non-hydrogen) atoms. The molecule has 0 unspecified atom stereocenters. The zero-order valence-electron chi connectivity index (χ0n) is 19.1. The standard InChI is InChI=1S/C30H26N2O2/c1-2-34-30(31-29(33)24-18-16-23(17-19-24)22-10-4-3-5-11-22)32-20-25-12-6-8-14-27(25)28-15-9-7-13-26(28)21-32/h3-19H,2,20-21H2,1H3. The van der Waals surface area contributed by atoms with Gasteiger partial charge in [0, 0.05) is 18.7 Å². The molecule has 1 heterocycles. The van der Waals surface area contributed by atoms with Gasteiger partial charge in [-0.1, -0.05) is 91.0 Å². The third kappa shape index (κ3) is 4.48. The van der Waals surface area contributed by atoms with Gasteiger partial charge in [0.1, 0.15) is 0 Å². The molecule has 0 fully saturated rings. The maximum atomic E-state index is 13.1. The van der Waals surface area contributed by atoms with Crippen LogP contribution in [0.1, 0.15) is 28.4 Å². The average molecular weight is 447 g/mol. The number of amidine groups is 1. The molecule has 0 aromatic heterocycles. The van der Waals surface area contributed by atoms with E-state index in [4.69, 9.17) is 4.74 Å². The third-order valence-corrected chi connectivity index (χ3v) is 6.03. The molecular formula is C30H26N2O2. The van der Waals surface area contributed by atoms with Gasteiger partial charge in [-0.25, -0.2) is 0 Å². The predicted molar refractivity (Wildman–Crippen MR) is 136 cm³/mol. The van der Waals surface area contributed by atoms with E-state index in [2.05, 4.69) is 53.5 Å².